The molecule has 1 aliphatic rings. The summed E-state index contributed by atoms with van der Waals surface area (Å²) >= 11 is 0. The summed E-state index contributed by atoms with van der Waals surface area (Å²) in [5, 5.41) is 23.0. The highest BCUT2D eigenvalue weighted by molar-refractivity contribution is 7.91. The van der Waals surface area contributed by atoms with Crippen molar-refractivity contribution in [3.8, 4) is 0 Å². The summed E-state index contributed by atoms with van der Waals surface area (Å²) in [6, 6.07) is 5.10. The Bertz CT molecular complexity index is 571. The molecule has 18 heavy (non-hydrogen) atoms. The minimum atomic E-state index is -3.24. The number of nitrogens with zero attached hydrogens (tertiary/aromatic N) is 1. The van der Waals surface area contributed by atoms with Crippen molar-refractivity contribution < 1.29 is 18.4 Å². The van der Waals surface area contributed by atoms with Crippen LogP contribution in [0.25, 0.3) is 0 Å². The molecule has 1 saturated heterocycles. The average molecular weight is 272 g/mol. The predicted octanol–water partition coefficient (Wildman–Crippen LogP) is 0.165. The van der Waals surface area contributed by atoms with Crippen molar-refractivity contribution in [3.05, 3.63) is 34.4 Å². The normalized spacial score (nSPS) is 25.8. The van der Waals surface area contributed by atoms with Crippen LogP contribution in [0, 0.1) is 10.1 Å². The lowest BCUT2D eigenvalue weighted by Crippen LogP contribution is -2.31. The fourth-order valence-corrected chi connectivity index (χ4v) is 3.63. The van der Waals surface area contributed by atoms with E-state index in [1.54, 1.807) is 6.07 Å². The smallest absolute Gasteiger partial charge is 0.271 e. The predicted molar refractivity (Wildman–Crippen MR) is 65.2 cm³/mol. The Morgan fingerprint density at radius 3 is 2.67 bits per heavy atom. The number of nitrogens with one attached hydrogen (secondary N) is 1. The van der Waals surface area contributed by atoms with Gasteiger partial charge in [0.25, 0.3) is 5.69 Å². The number of hydrogen-bond donors (Lipinski definition) is 2. The van der Waals surface area contributed by atoms with Crippen molar-refractivity contribution in [1.29, 1.82) is 0 Å². The Morgan fingerprint density at radius 2 is 2.11 bits per heavy atom. The highest BCUT2D eigenvalue weighted by atomic mass is 32.2. The minimum Gasteiger partial charge on any atom is -0.390 e. The molecule has 2 rings (SSSR count). The van der Waals surface area contributed by atoms with Gasteiger partial charge in [-0.2, -0.15) is 0 Å². The van der Waals surface area contributed by atoms with Gasteiger partial charge < -0.3 is 10.4 Å². The van der Waals surface area contributed by atoms with Gasteiger partial charge in [0, 0.05) is 17.8 Å². The second-order valence-electron chi connectivity index (χ2n) is 4.20. The zero-order chi connectivity index (χ0) is 13.3. The quantitative estimate of drug-likeness (QED) is 0.599. The van der Waals surface area contributed by atoms with Crippen LogP contribution >= 0.6 is 0 Å². The van der Waals surface area contributed by atoms with Crippen LogP contribution in [0.3, 0.4) is 0 Å². The number of hydrogen-bond acceptors (Lipinski definition) is 6. The summed E-state index contributed by atoms with van der Waals surface area (Å²) in [5.41, 5.74) is 0.334. The summed E-state index contributed by atoms with van der Waals surface area (Å²) in [6.45, 7) is 0. The molecule has 0 amide bonds. The van der Waals surface area contributed by atoms with Gasteiger partial charge >= 0.3 is 0 Å². The first-order valence-electron chi connectivity index (χ1n) is 5.27. The number of rotatable bonds is 3. The molecule has 2 N–H and O–H groups in total. The molecule has 7 nitrogen and oxygen atoms in total. The topological polar surface area (TPSA) is 110 Å². The number of anilines is 1. The number of nitro groups is 1. The van der Waals surface area contributed by atoms with Crippen molar-refractivity contribution in [2.45, 2.75) is 12.1 Å². The van der Waals surface area contributed by atoms with Crippen LogP contribution in [0.4, 0.5) is 11.4 Å². The maximum Gasteiger partial charge on any atom is 0.271 e. The standard InChI is InChI=1S/C10H12N2O5S/c13-10-6-18(16,17)5-9(10)11-7-2-1-3-8(4-7)12(14)15/h1-4,9-11,13H,5-6H2/t9-,10+/m1/s1. The lowest BCUT2D eigenvalue weighted by molar-refractivity contribution is -0.384. The second kappa shape index (κ2) is 4.54. The Hall–Kier alpha value is -1.67. The van der Waals surface area contributed by atoms with Gasteiger partial charge in [-0.15, -0.1) is 0 Å². The summed E-state index contributed by atoms with van der Waals surface area (Å²) in [7, 11) is -3.24. The van der Waals surface area contributed by atoms with Gasteiger partial charge in [-0.05, 0) is 6.07 Å². The highest BCUT2D eigenvalue weighted by Gasteiger charge is 2.36. The molecule has 1 aromatic carbocycles. The molecule has 1 aromatic rings. The maximum absolute atomic E-state index is 11.3. The monoisotopic (exact) mass is 272 g/mol. The van der Waals surface area contributed by atoms with Crippen molar-refractivity contribution >= 4 is 21.2 Å². The van der Waals surface area contributed by atoms with E-state index >= 15 is 0 Å². The SMILES string of the molecule is O=[N+]([O-])c1cccc(N[C@@H]2CS(=O)(=O)C[C@@H]2O)c1. The molecule has 0 aliphatic carbocycles. The Kier molecular flexibility index (Phi) is 3.22. The van der Waals surface area contributed by atoms with Gasteiger partial charge in [0.1, 0.15) is 0 Å². The fourth-order valence-electron chi connectivity index (χ4n) is 1.89. The van der Waals surface area contributed by atoms with Gasteiger partial charge in [0.2, 0.25) is 0 Å². The van der Waals surface area contributed by atoms with E-state index in [4.69, 9.17) is 0 Å². The molecule has 0 unspecified atom stereocenters. The number of nitro benzene ring substituents is 1. The van der Waals surface area contributed by atoms with E-state index in [1.807, 2.05) is 0 Å². The summed E-state index contributed by atoms with van der Waals surface area (Å²) in [5.74, 6) is -0.448. The third-order valence-corrected chi connectivity index (χ3v) is 4.45. The van der Waals surface area contributed by atoms with Crippen LogP contribution < -0.4 is 5.32 Å². The van der Waals surface area contributed by atoms with E-state index in [-0.39, 0.29) is 17.2 Å². The lowest BCUT2D eigenvalue weighted by atomic mass is 10.2. The molecule has 1 heterocycles. The molecule has 8 heteroatoms. The van der Waals surface area contributed by atoms with E-state index < -0.39 is 26.9 Å². The van der Waals surface area contributed by atoms with Crippen molar-refractivity contribution in [1.82, 2.24) is 0 Å². The van der Waals surface area contributed by atoms with Crippen LogP contribution in [0.1, 0.15) is 0 Å². The number of aliphatic hydroxyl groups excluding tert-OH is 1. The molecular formula is C10H12N2O5S. The third-order valence-electron chi connectivity index (χ3n) is 2.73. The lowest BCUT2D eigenvalue weighted by Gasteiger charge is -2.15. The van der Waals surface area contributed by atoms with Crippen molar-refractivity contribution in [2.75, 3.05) is 16.8 Å². The van der Waals surface area contributed by atoms with E-state index in [1.165, 1.54) is 18.2 Å². The Labute approximate surface area is 104 Å². The average Bonchev–Trinajstić information content (AvgIpc) is 2.52. The molecule has 0 spiro atoms. The van der Waals surface area contributed by atoms with Gasteiger partial charge in [-0.1, -0.05) is 6.07 Å². The van der Waals surface area contributed by atoms with Gasteiger partial charge in [-0.3, -0.25) is 10.1 Å². The maximum atomic E-state index is 11.3. The zero-order valence-corrected chi connectivity index (χ0v) is 10.1. The van der Waals surface area contributed by atoms with Crippen LogP contribution in [-0.2, 0) is 9.84 Å². The summed E-state index contributed by atoms with van der Waals surface area (Å²) in [4.78, 5) is 10.1. The Balaban J connectivity index is 2.15. The van der Waals surface area contributed by atoms with E-state index in [2.05, 4.69) is 5.32 Å². The van der Waals surface area contributed by atoms with Crippen molar-refractivity contribution in [2.24, 2.45) is 0 Å². The number of non-ortho nitro benzene ring substituents is 1. The van der Waals surface area contributed by atoms with E-state index in [0.29, 0.717) is 5.69 Å². The van der Waals surface area contributed by atoms with Crippen LogP contribution in [0.15, 0.2) is 24.3 Å². The highest BCUT2D eigenvalue weighted by Crippen LogP contribution is 2.21. The molecule has 2 atom stereocenters. The van der Waals surface area contributed by atoms with Crippen LogP contribution in [-0.4, -0.2) is 42.1 Å². The summed E-state index contributed by atoms with van der Waals surface area (Å²) in [6.07, 6.45) is -0.991. The first-order valence-corrected chi connectivity index (χ1v) is 7.09. The molecular weight excluding hydrogens is 260 g/mol. The van der Waals surface area contributed by atoms with Gasteiger partial charge in [0.15, 0.2) is 9.84 Å². The number of benzene rings is 1. The van der Waals surface area contributed by atoms with Crippen LogP contribution in [0.2, 0.25) is 0 Å². The van der Waals surface area contributed by atoms with E-state index in [0.717, 1.165) is 0 Å². The molecule has 0 saturated carbocycles. The second-order valence-corrected chi connectivity index (χ2v) is 6.36. The first-order chi connectivity index (χ1) is 8.37. The number of sulfone groups is 1. The van der Waals surface area contributed by atoms with Gasteiger partial charge in [-0.25, -0.2) is 8.42 Å². The van der Waals surface area contributed by atoms with Crippen molar-refractivity contribution in [3.63, 3.8) is 0 Å². The molecule has 0 radical (unpaired) electrons. The third kappa shape index (κ3) is 2.77. The molecule has 0 bridgehead atoms. The Morgan fingerprint density at radius 1 is 1.39 bits per heavy atom. The molecule has 1 aliphatic heterocycles. The van der Waals surface area contributed by atoms with E-state index in [9.17, 15) is 23.6 Å². The van der Waals surface area contributed by atoms with Gasteiger partial charge in [0.05, 0.1) is 28.6 Å². The molecule has 0 aromatic heterocycles. The number of aliphatic hydroxyl groups is 1. The molecule has 98 valence electrons. The fraction of sp³-hybridized carbons (Fsp3) is 0.400. The first kappa shape index (κ1) is 12.8. The largest absolute Gasteiger partial charge is 0.390 e. The van der Waals surface area contributed by atoms with Crippen LogP contribution in [0.5, 0.6) is 0 Å². The summed E-state index contributed by atoms with van der Waals surface area (Å²) < 4.78 is 22.6. The zero-order valence-electron chi connectivity index (χ0n) is 9.31. The molecule has 1 fully saturated rings. The minimum absolute atomic E-state index is 0.0876.